The summed E-state index contributed by atoms with van der Waals surface area (Å²) in [7, 11) is 1.29. The minimum Gasteiger partial charge on any atom is -0.467 e. The van der Waals surface area contributed by atoms with E-state index in [4.69, 9.17) is 9.47 Å². The van der Waals surface area contributed by atoms with E-state index in [2.05, 4.69) is 31.1 Å². The zero-order valence-corrected chi connectivity index (χ0v) is 17.2. The minimum atomic E-state index is -1.14. The monoisotopic (exact) mass is 383 g/mol. The molecule has 0 radical (unpaired) electrons. The third kappa shape index (κ3) is 5.17. The Labute approximate surface area is 158 Å². The maximum atomic E-state index is 12.4. The predicted molar refractivity (Wildman–Crippen MR) is 100 cm³/mol. The number of nitrogens with zero attached hydrogens (tertiary/aromatic N) is 2. The van der Waals surface area contributed by atoms with Crippen molar-refractivity contribution in [3.8, 4) is 0 Å². The summed E-state index contributed by atoms with van der Waals surface area (Å²) in [5.74, 6) is -0.519. The molecule has 0 unspecified atom stereocenters. The topological polar surface area (TPSA) is 81.9 Å². The van der Waals surface area contributed by atoms with Crippen LogP contribution in [0.15, 0.2) is 11.2 Å². The van der Waals surface area contributed by atoms with Crippen LogP contribution in [0.4, 0.5) is 4.79 Å². The van der Waals surface area contributed by atoms with E-state index >= 15 is 0 Å². The summed E-state index contributed by atoms with van der Waals surface area (Å²) in [6, 6.07) is -0.566. The molecular formula is C18H29N3O4S. The van der Waals surface area contributed by atoms with Crippen molar-refractivity contribution in [3.05, 3.63) is 15.9 Å². The second-order valence-corrected chi connectivity index (χ2v) is 9.08. The number of urea groups is 1. The van der Waals surface area contributed by atoms with Gasteiger partial charge in [-0.3, -0.25) is 0 Å². The van der Waals surface area contributed by atoms with Crippen LogP contribution in [-0.4, -0.2) is 41.9 Å². The number of methoxy groups -OCH3 is 1. The number of amides is 2. The molecular weight excluding hydrogens is 354 g/mol. The van der Waals surface area contributed by atoms with E-state index in [1.54, 1.807) is 13.8 Å². The molecule has 1 aliphatic heterocycles. The molecule has 1 saturated heterocycles. The molecule has 1 aromatic rings. The van der Waals surface area contributed by atoms with Crippen LogP contribution in [0.2, 0.25) is 0 Å². The van der Waals surface area contributed by atoms with Gasteiger partial charge >= 0.3 is 12.0 Å². The van der Waals surface area contributed by atoms with Crippen LogP contribution in [0.25, 0.3) is 0 Å². The number of hydrogen-bond donors (Lipinski definition) is 1. The largest absolute Gasteiger partial charge is 0.467 e. The van der Waals surface area contributed by atoms with Gasteiger partial charge in [-0.2, -0.15) is 4.99 Å². The van der Waals surface area contributed by atoms with Crippen LogP contribution >= 0.6 is 11.3 Å². The Kier molecular flexibility index (Phi) is 6.29. The van der Waals surface area contributed by atoms with Crippen molar-refractivity contribution in [2.45, 2.75) is 71.1 Å². The maximum absolute atomic E-state index is 12.4. The number of carbonyl (C=O) groups is 2. The van der Waals surface area contributed by atoms with Crippen LogP contribution in [0.3, 0.4) is 0 Å². The number of esters is 1. The van der Waals surface area contributed by atoms with Crippen LogP contribution in [-0.2, 0) is 26.2 Å². The highest BCUT2D eigenvalue weighted by Crippen LogP contribution is 2.25. The lowest BCUT2D eigenvalue weighted by atomic mass is 9.95. The fraction of sp³-hybridized carbons (Fsp3) is 0.722. The molecule has 2 amide bonds. The average Bonchev–Trinajstić information content (AvgIpc) is 3.16. The minimum absolute atomic E-state index is 0.0432. The summed E-state index contributed by atoms with van der Waals surface area (Å²) in [6.07, 6.45) is 4.26. The third-order valence-electron chi connectivity index (χ3n) is 4.20. The molecule has 1 N–H and O–H groups in total. The van der Waals surface area contributed by atoms with E-state index in [0.717, 1.165) is 24.3 Å². The number of carbonyl (C=O) groups excluding carboxylic acids is 2. The standard InChI is InChI=1S/C18H29N3O4S/c1-17(2,3)13-11-21(10-12-8-7-9-25-12)16(26-13)19-15(23)20-18(4,5)14(22)24-6/h11-12H,7-10H2,1-6H3,(H,20,23)/b19-16-/t12-/m1/s1. The van der Waals surface area contributed by atoms with Gasteiger partial charge in [0.05, 0.1) is 19.8 Å². The molecule has 1 aromatic heterocycles. The number of ether oxygens (including phenoxy) is 2. The Morgan fingerprint density at radius 3 is 2.62 bits per heavy atom. The van der Waals surface area contributed by atoms with Crippen molar-refractivity contribution in [1.29, 1.82) is 0 Å². The Morgan fingerprint density at radius 2 is 2.08 bits per heavy atom. The van der Waals surface area contributed by atoms with Gasteiger partial charge in [0.1, 0.15) is 5.54 Å². The van der Waals surface area contributed by atoms with Gasteiger partial charge in [0.2, 0.25) is 0 Å². The molecule has 0 aromatic carbocycles. The van der Waals surface area contributed by atoms with E-state index in [9.17, 15) is 9.59 Å². The summed E-state index contributed by atoms with van der Waals surface area (Å²) in [4.78, 5) is 30.1. The maximum Gasteiger partial charge on any atom is 0.344 e. The van der Waals surface area contributed by atoms with Gasteiger partial charge in [-0.15, -0.1) is 11.3 Å². The van der Waals surface area contributed by atoms with E-state index in [0.29, 0.717) is 11.3 Å². The summed E-state index contributed by atoms with van der Waals surface area (Å²) < 4.78 is 12.4. The molecule has 7 nitrogen and oxygen atoms in total. The van der Waals surface area contributed by atoms with Gasteiger partial charge in [-0.25, -0.2) is 9.59 Å². The number of nitrogens with one attached hydrogen (secondary N) is 1. The summed E-state index contributed by atoms with van der Waals surface area (Å²) in [5, 5.41) is 2.61. The molecule has 2 rings (SSSR count). The lowest BCUT2D eigenvalue weighted by molar-refractivity contribution is -0.146. The number of thiazole rings is 1. The van der Waals surface area contributed by atoms with Crippen molar-refractivity contribution in [2.24, 2.45) is 4.99 Å². The molecule has 1 atom stereocenters. The molecule has 146 valence electrons. The third-order valence-corrected chi connectivity index (χ3v) is 5.64. The normalized spacial score (nSPS) is 18.8. The van der Waals surface area contributed by atoms with E-state index in [1.807, 2.05) is 10.8 Å². The van der Waals surface area contributed by atoms with Crippen molar-refractivity contribution >= 4 is 23.3 Å². The second kappa shape index (κ2) is 7.92. The highest BCUT2D eigenvalue weighted by Gasteiger charge is 2.30. The second-order valence-electron chi connectivity index (χ2n) is 8.07. The first-order valence-electron chi connectivity index (χ1n) is 8.80. The number of hydrogen-bond acceptors (Lipinski definition) is 5. The zero-order valence-electron chi connectivity index (χ0n) is 16.4. The average molecular weight is 384 g/mol. The van der Waals surface area contributed by atoms with E-state index in [-0.39, 0.29) is 11.5 Å². The summed E-state index contributed by atoms with van der Waals surface area (Å²) >= 11 is 1.48. The van der Waals surface area contributed by atoms with E-state index < -0.39 is 17.5 Å². The lowest BCUT2D eigenvalue weighted by Crippen LogP contribution is -2.49. The van der Waals surface area contributed by atoms with Gasteiger partial charge in [-0.1, -0.05) is 20.8 Å². The van der Waals surface area contributed by atoms with Crippen LogP contribution < -0.4 is 10.1 Å². The summed E-state index contributed by atoms with van der Waals surface area (Å²) in [5.41, 5.74) is -1.18. The molecule has 8 heteroatoms. The molecule has 0 spiro atoms. The van der Waals surface area contributed by atoms with Crippen molar-refractivity contribution in [1.82, 2.24) is 9.88 Å². The molecule has 2 heterocycles. The first-order chi connectivity index (χ1) is 12.0. The quantitative estimate of drug-likeness (QED) is 0.810. The molecule has 26 heavy (non-hydrogen) atoms. The SMILES string of the molecule is COC(=O)C(C)(C)NC(=O)/N=c1\sc(C(C)(C)C)cn1C[C@H]1CCCO1. The van der Waals surface area contributed by atoms with Gasteiger partial charge in [0.25, 0.3) is 0 Å². The lowest BCUT2D eigenvalue weighted by Gasteiger charge is -2.21. The molecule has 1 aliphatic rings. The van der Waals surface area contributed by atoms with Crippen LogP contribution in [0.5, 0.6) is 0 Å². The Balaban J connectivity index is 2.29. The van der Waals surface area contributed by atoms with Crippen molar-refractivity contribution < 1.29 is 19.1 Å². The highest BCUT2D eigenvalue weighted by atomic mass is 32.1. The Morgan fingerprint density at radius 1 is 1.38 bits per heavy atom. The molecule has 0 aliphatic carbocycles. The summed E-state index contributed by atoms with van der Waals surface area (Å²) in [6.45, 7) is 11.0. The first-order valence-corrected chi connectivity index (χ1v) is 9.62. The predicted octanol–water partition coefficient (Wildman–Crippen LogP) is 2.59. The molecule has 0 bridgehead atoms. The number of aromatic nitrogens is 1. The smallest absolute Gasteiger partial charge is 0.344 e. The zero-order chi connectivity index (χ0) is 19.5. The van der Waals surface area contributed by atoms with Crippen molar-refractivity contribution in [2.75, 3.05) is 13.7 Å². The fourth-order valence-corrected chi connectivity index (χ4v) is 3.70. The van der Waals surface area contributed by atoms with Gasteiger partial charge < -0.3 is 19.4 Å². The Bertz CT molecular complexity index is 722. The van der Waals surface area contributed by atoms with E-state index in [1.165, 1.54) is 18.4 Å². The fourth-order valence-electron chi connectivity index (χ4n) is 2.64. The van der Waals surface area contributed by atoms with Gasteiger partial charge in [0, 0.05) is 17.7 Å². The highest BCUT2D eigenvalue weighted by molar-refractivity contribution is 7.09. The van der Waals surface area contributed by atoms with Crippen LogP contribution in [0, 0.1) is 0 Å². The van der Waals surface area contributed by atoms with Gasteiger partial charge in [-0.05, 0) is 32.1 Å². The molecule has 0 saturated carbocycles. The van der Waals surface area contributed by atoms with Gasteiger partial charge in [0.15, 0.2) is 4.80 Å². The van der Waals surface area contributed by atoms with Crippen molar-refractivity contribution in [3.63, 3.8) is 0 Å². The number of rotatable bonds is 4. The Hall–Kier alpha value is -1.67. The van der Waals surface area contributed by atoms with Crippen LogP contribution in [0.1, 0.15) is 52.3 Å². The molecule has 1 fully saturated rings. The first kappa shape index (κ1) is 20.6.